The largest absolute Gasteiger partial charge is 0.360 e. The van der Waals surface area contributed by atoms with Crippen LogP contribution in [0.25, 0.3) is 10.9 Å². The summed E-state index contributed by atoms with van der Waals surface area (Å²) in [5.74, 6) is 1.01. The molecule has 0 amide bonds. The third-order valence-corrected chi connectivity index (χ3v) is 3.59. The average molecular weight is 234 g/mol. The van der Waals surface area contributed by atoms with Gasteiger partial charge in [0.05, 0.1) is 0 Å². The Morgan fingerprint density at radius 2 is 2.25 bits per heavy atom. The number of aromatic nitrogens is 1. The molecule has 1 heterocycles. The Kier molecular flexibility index (Phi) is 2.08. The lowest BCUT2D eigenvalue weighted by Gasteiger charge is -1.97. The molecule has 2 aromatic rings. The second kappa shape index (κ2) is 3.36. The predicted molar refractivity (Wildman–Crippen MR) is 64.9 cm³/mol. The van der Waals surface area contributed by atoms with Gasteiger partial charge < -0.3 is 4.98 Å². The van der Waals surface area contributed by atoms with Crippen LogP contribution in [0.4, 0.5) is 0 Å². The molecule has 1 saturated carbocycles. The highest BCUT2D eigenvalue weighted by Gasteiger charge is 2.40. The van der Waals surface area contributed by atoms with E-state index in [4.69, 9.17) is 11.6 Å². The highest BCUT2D eigenvalue weighted by Crippen LogP contribution is 2.41. The van der Waals surface area contributed by atoms with E-state index in [0.29, 0.717) is 10.9 Å². The van der Waals surface area contributed by atoms with Crippen LogP contribution in [-0.2, 0) is 0 Å². The first-order chi connectivity index (χ1) is 7.66. The fourth-order valence-electron chi connectivity index (χ4n) is 2.18. The molecule has 16 heavy (non-hydrogen) atoms. The average Bonchev–Trinajstić information content (AvgIpc) is 2.85. The zero-order valence-electron chi connectivity index (χ0n) is 8.96. The lowest BCUT2D eigenvalue weighted by molar-refractivity contribution is 0.0964. The number of hydrogen-bond donors (Lipinski definition) is 1. The Bertz CT molecular complexity index is 572. The molecule has 2 atom stereocenters. The van der Waals surface area contributed by atoms with Crippen LogP contribution in [0.1, 0.15) is 23.7 Å². The molecule has 1 aromatic heterocycles. The fourth-order valence-corrected chi connectivity index (χ4v) is 2.36. The van der Waals surface area contributed by atoms with E-state index in [9.17, 15) is 4.79 Å². The molecule has 1 aromatic carbocycles. The van der Waals surface area contributed by atoms with Gasteiger partial charge in [-0.3, -0.25) is 4.79 Å². The van der Waals surface area contributed by atoms with Crippen LogP contribution in [0, 0.1) is 11.8 Å². The molecule has 1 N–H and O–H groups in total. The number of fused-ring (bicyclic) bond motifs is 1. The molecule has 0 spiro atoms. The molecule has 0 bridgehead atoms. The molecule has 3 rings (SSSR count). The number of H-pyrrole nitrogens is 1. The van der Waals surface area contributed by atoms with E-state index >= 15 is 0 Å². The number of Topliss-reactive ketones (excluding diaryl/α,β-unsaturated/α-hetero) is 1. The van der Waals surface area contributed by atoms with Crippen molar-refractivity contribution < 1.29 is 4.79 Å². The number of ketones is 1. The minimum atomic E-state index is 0.220. The standard InChI is InChI=1S/C13H12ClNO/c1-7-4-9(7)13(16)11-6-15-12-3-2-8(14)5-10(11)12/h2-3,5-7,9,15H,4H2,1H3. The maximum Gasteiger partial charge on any atom is 0.168 e. The van der Waals surface area contributed by atoms with E-state index in [2.05, 4.69) is 11.9 Å². The molecule has 1 aliphatic carbocycles. The number of nitrogens with one attached hydrogen (secondary N) is 1. The highest BCUT2D eigenvalue weighted by atomic mass is 35.5. The van der Waals surface area contributed by atoms with Crippen molar-refractivity contribution in [2.45, 2.75) is 13.3 Å². The summed E-state index contributed by atoms with van der Waals surface area (Å²) in [4.78, 5) is 15.3. The molecular weight excluding hydrogens is 222 g/mol. The SMILES string of the molecule is CC1CC1C(=O)c1c[nH]c2ccc(Cl)cc12. The van der Waals surface area contributed by atoms with Gasteiger partial charge in [-0.05, 0) is 30.5 Å². The molecule has 0 radical (unpaired) electrons. The molecule has 0 saturated heterocycles. The van der Waals surface area contributed by atoms with Crippen molar-refractivity contribution in [2.75, 3.05) is 0 Å². The van der Waals surface area contributed by atoms with Crippen molar-refractivity contribution >= 4 is 28.3 Å². The van der Waals surface area contributed by atoms with Gasteiger partial charge in [-0.15, -0.1) is 0 Å². The van der Waals surface area contributed by atoms with Crippen LogP contribution >= 0.6 is 11.6 Å². The van der Waals surface area contributed by atoms with Gasteiger partial charge in [-0.2, -0.15) is 0 Å². The summed E-state index contributed by atoms with van der Waals surface area (Å²) in [6.07, 6.45) is 2.82. The van der Waals surface area contributed by atoms with Crippen LogP contribution in [0.15, 0.2) is 24.4 Å². The Morgan fingerprint density at radius 3 is 2.94 bits per heavy atom. The van der Waals surface area contributed by atoms with Crippen molar-refractivity contribution in [3.05, 3.63) is 35.0 Å². The van der Waals surface area contributed by atoms with E-state index in [0.717, 1.165) is 22.9 Å². The van der Waals surface area contributed by atoms with Gasteiger partial charge in [-0.25, -0.2) is 0 Å². The summed E-state index contributed by atoms with van der Waals surface area (Å²) in [5, 5.41) is 1.61. The summed E-state index contributed by atoms with van der Waals surface area (Å²) in [7, 11) is 0. The predicted octanol–water partition coefficient (Wildman–Crippen LogP) is 3.66. The van der Waals surface area contributed by atoms with Gasteiger partial charge in [0.25, 0.3) is 0 Å². The molecular formula is C13H12ClNO. The smallest absolute Gasteiger partial charge is 0.168 e. The molecule has 2 unspecified atom stereocenters. The first-order valence-electron chi connectivity index (χ1n) is 5.47. The zero-order valence-corrected chi connectivity index (χ0v) is 9.71. The van der Waals surface area contributed by atoms with Crippen molar-refractivity contribution in [3.63, 3.8) is 0 Å². The van der Waals surface area contributed by atoms with Crippen molar-refractivity contribution in [1.82, 2.24) is 4.98 Å². The number of hydrogen-bond acceptors (Lipinski definition) is 1. The summed E-state index contributed by atoms with van der Waals surface area (Å²) in [6.45, 7) is 2.12. The first-order valence-corrected chi connectivity index (χ1v) is 5.85. The monoisotopic (exact) mass is 233 g/mol. The first kappa shape index (κ1) is 9.91. The van der Waals surface area contributed by atoms with E-state index in [1.807, 2.05) is 18.2 Å². The van der Waals surface area contributed by atoms with E-state index in [-0.39, 0.29) is 11.7 Å². The third kappa shape index (κ3) is 1.45. The molecule has 0 aliphatic heterocycles. The number of aromatic amines is 1. The quantitative estimate of drug-likeness (QED) is 0.789. The van der Waals surface area contributed by atoms with Gasteiger partial charge in [0.2, 0.25) is 0 Å². The topological polar surface area (TPSA) is 32.9 Å². The lowest BCUT2D eigenvalue weighted by Crippen LogP contribution is -2.01. The number of carbonyl (C=O) groups excluding carboxylic acids is 1. The number of halogens is 1. The number of benzene rings is 1. The zero-order chi connectivity index (χ0) is 11.3. The van der Waals surface area contributed by atoms with Crippen LogP contribution in [0.2, 0.25) is 5.02 Å². The minimum Gasteiger partial charge on any atom is -0.360 e. The van der Waals surface area contributed by atoms with Crippen molar-refractivity contribution in [3.8, 4) is 0 Å². The van der Waals surface area contributed by atoms with Crippen molar-refractivity contribution in [2.24, 2.45) is 11.8 Å². The Hall–Kier alpha value is -1.28. The second-order valence-electron chi connectivity index (χ2n) is 4.58. The fraction of sp³-hybridized carbons (Fsp3) is 0.308. The van der Waals surface area contributed by atoms with Crippen LogP contribution in [0.3, 0.4) is 0 Å². The van der Waals surface area contributed by atoms with Gasteiger partial charge >= 0.3 is 0 Å². The van der Waals surface area contributed by atoms with Gasteiger partial charge in [0.1, 0.15) is 0 Å². The third-order valence-electron chi connectivity index (χ3n) is 3.36. The van der Waals surface area contributed by atoms with Crippen LogP contribution < -0.4 is 0 Å². The minimum absolute atomic E-state index is 0.220. The highest BCUT2D eigenvalue weighted by molar-refractivity contribution is 6.31. The molecule has 1 aliphatic rings. The maximum absolute atomic E-state index is 12.1. The number of rotatable bonds is 2. The normalized spacial score (nSPS) is 23.6. The summed E-state index contributed by atoms with van der Waals surface area (Å²) in [5.41, 5.74) is 1.76. The second-order valence-corrected chi connectivity index (χ2v) is 5.01. The Labute approximate surface area is 98.6 Å². The van der Waals surface area contributed by atoms with Gasteiger partial charge in [-0.1, -0.05) is 18.5 Å². The number of carbonyl (C=O) groups is 1. The van der Waals surface area contributed by atoms with Gasteiger partial charge in [0, 0.05) is 33.6 Å². The van der Waals surface area contributed by atoms with Crippen LogP contribution in [0.5, 0.6) is 0 Å². The van der Waals surface area contributed by atoms with Gasteiger partial charge in [0.15, 0.2) is 5.78 Å². The van der Waals surface area contributed by atoms with E-state index in [1.54, 1.807) is 6.20 Å². The Morgan fingerprint density at radius 1 is 1.50 bits per heavy atom. The van der Waals surface area contributed by atoms with Crippen LogP contribution in [-0.4, -0.2) is 10.8 Å². The van der Waals surface area contributed by atoms with Crippen molar-refractivity contribution in [1.29, 1.82) is 0 Å². The summed E-state index contributed by atoms with van der Waals surface area (Å²) in [6, 6.07) is 5.59. The molecule has 82 valence electrons. The molecule has 3 heteroatoms. The molecule has 2 nitrogen and oxygen atoms in total. The summed E-state index contributed by atoms with van der Waals surface area (Å²) >= 11 is 5.95. The Balaban J connectivity index is 2.09. The van der Waals surface area contributed by atoms with E-state index < -0.39 is 0 Å². The van der Waals surface area contributed by atoms with E-state index in [1.165, 1.54) is 0 Å². The maximum atomic E-state index is 12.1. The summed E-state index contributed by atoms with van der Waals surface area (Å²) < 4.78 is 0. The lowest BCUT2D eigenvalue weighted by atomic mass is 10.1. The molecule has 1 fully saturated rings.